The molecule has 0 aliphatic carbocycles. The van der Waals surface area contributed by atoms with Crippen LogP contribution in [-0.2, 0) is 6.54 Å². The summed E-state index contributed by atoms with van der Waals surface area (Å²) < 4.78 is 0.844. The van der Waals surface area contributed by atoms with Gasteiger partial charge in [0.1, 0.15) is 4.88 Å². The Bertz CT molecular complexity index is 506. The normalized spacial score (nSPS) is 10.4. The molecule has 0 saturated heterocycles. The van der Waals surface area contributed by atoms with Gasteiger partial charge in [0, 0.05) is 9.35 Å². The number of nitrogens with zero attached hydrogens (tertiary/aromatic N) is 1. The smallest absolute Gasteiger partial charge is 0.262 e. The third kappa shape index (κ3) is 2.50. The van der Waals surface area contributed by atoms with Gasteiger partial charge in [-0.25, -0.2) is 4.98 Å². The summed E-state index contributed by atoms with van der Waals surface area (Å²) in [6.07, 6.45) is 0. The van der Waals surface area contributed by atoms with Crippen LogP contribution < -0.4 is 5.32 Å². The summed E-state index contributed by atoms with van der Waals surface area (Å²) in [4.78, 5) is 17.7. The minimum absolute atomic E-state index is 0.0466. The van der Waals surface area contributed by atoms with E-state index in [0.29, 0.717) is 11.4 Å². The van der Waals surface area contributed by atoms with Crippen LogP contribution in [0.5, 0.6) is 0 Å². The molecule has 0 saturated carbocycles. The van der Waals surface area contributed by atoms with Crippen LogP contribution in [0.25, 0.3) is 0 Å². The third-order valence-corrected chi connectivity index (χ3v) is 4.85. The van der Waals surface area contributed by atoms with Crippen LogP contribution in [0.15, 0.2) is 21.4 Å². The predicted molar refractivity (Wildman–Crippen MR) is 70.0 cm³/mol. The molecule has 6 heteroatoms. The molecule has 2 heterocycles. The van der Waals surface area contributed by atoms with Gasteiger partial charge in [0.25, 0.3) is 5.91 Å². The predicted octanol–water partition coefficient (Wildman–Crippen LogP) is 3.21. The minimum atomic E-state index is -0.0466. The van der Waals surface area contributed by atoms with E-state index >= 15 is 0 Å². The fourth-order valence-electron chi connectivity index (χ4n) is 1.19. The Hall–Kier alpha value is -0.720. The van der Waals surface area contributed by atoms with Crippen LogP contribution in [-0.4, -0.2) is 10.9 Å². The molecule has 2 rings (SSSR count). The van der Waals surface area contributed by atoms with E-state index in [2.05, 4.69) is 26.2 Å². The first-order valence-electron chi connectivity index (χ1n) is 4.58. The Balaban J connectivity index is 1.99. The molecule has 2 aromatic rings. The molecule has 0 aliphatic rings. The average Bonchev–Trinajstić information content (AvgIpc) is 2.84. The Kier molecular flexibility index (Phi) is 3.73. The van der Waals surface area contributed by atoms with Gasteiger partial charge >= 0.3 is 0 Å². The number of carbonyl (C=O) groups excluding carboxylic acids is 1. The molecule has 1 N–H and O–H groups in total. The maximum atomic E-state index is 11.8. The third-order valence-electron chi connectivity index (χ3n) is 2.08. The van der Waals surface area contributed by atoms with E-state index < -0.39 is 0 Å². The maximum absolute atomic E-state index is 11.8. The molecule has 84 valence electrons. The van der Waals surface area contributed by atoms with Gasteiger partial charge in [0.15, 0.2) is 0 Å². The van der Waals surface area contributed by atoms with Crippen molar-refractivity contribution in [3.8, 4) is 0 Å². The number of thiophene rings is 1. The highest BCUT2D eigenvalue weighted by molar-refractivity contribution is 9.10. The van der Waals surface area contributed by atoms with Crippen molar-refractivity contribution in [1.82, 2.24) is 10.3 Å². The number of carbonyl (C=O) groups is 1. The van der Waals surface area contributed by atoms with E-state index in [1.54, 1.807) is 16.8 Å². The fourth-order valence-corrected chi connectivity index (χ4v) is 3.38. The SMILES string of the molecule is Cc1ncsc1CNC(=O)c1sccc1Br. The number of halogens is 1. The molecule has 0 aliphatic heterocycles. The largest absolute Gasteiger partial charge is 0.346 e. The molecular weight excluding hydrogens is 308 g/mol. The summed E-state index contributed by atoms with van der Waals surface area (Å²) in [5, 5.41) is 4.77. The van der Waals surface area contributed by atoms with Gasteiger partial charge in [-0.2, -0.15) is 0 Å². The zero-order chi connectivity index (χ0) is 11.5. The number of rotatable bonds is 3. The van der Waals surface area contributed by atoms with Crippen molar-refractivity contribution >= 4 is 44.5 Å². The van der Waals surface area contributed by atoms with Gasteiger partial charge < -0.3 is 5.32 Å². The maximum Gasteiger partial charge on any atom is 0.262 e. The lowest BCUT2D eigenvalue weighted by atomic mass is 10.4. The van der Waals surface area contributed by atoms with Crippen molar-refractivity contribution in [2.24, 2.45) is 0 Å². The van der Waals surface area contributed by atoms with E-state index in [0.717, 1.165) is 15.0 Å². The second kappa shape index (κ2) is 5.07. The molecule has 16 heavy (non-hydrogen) atoms. The highest BCUT2D eigenvalue weighted by Gasteiger charge is 2.11. The Morgan fingerprint density at radius 1 is 1.56 bits per heavy atom. The summed E-state index contributed by atoms with van der Waals surface area (Å²) in [7, 11) is 0. The van der Waals surface area contributed by atoms with E-state index in [4.69, 9.17) is 0 Å². The number of aryl methyl sites for hydroxylation is 1. The average molecular weight is 317 g/mol. The lowest BCUT2D eigenvalue weighted by Gasteiger charge is -2.02. The quantitative estimate of drug-likeness (QED) is 0.944. The Labute approximate surface area is 110 Å². The molecule has 0 bridgehead atoms. The van der Waals surface area contributed by atoms with Crippen LogP contribution in [0.2, 0.25) is 0 Å². The summed E-state index contributed by atoms with van der Waals surface area (Å²) in [5.41, 5.74) is 2.77. The van der Waals surface area contributed by atoms with Crippen molar-refractivity contribution in [2.75, 3.05) is 0 Å². The fraction of sp³-hybridized carbons (Fsp3) is 0.200. The van der Waals surface area contributed by atoms with Crippen LogP contribution in [0.3, 0.4) is 0 Å². The van der Waals surface area contributed by atoms with E-state index in [1.807, 2.05) is 18.4 Å². The molecular formula is C10H9BrN2OS2. The lowest BCUT2D eigenvalue weighted by molar-refractivity contribution is 0.0954. The van der Waals surface area contributed by atoms with Crippen molar-refractivity contribution in [2.45, 2.75) is 13.5 Å². The number of thiazole rings is 1. The van der Waals surface area contributed by atoms with Gasteiger partial charge in [0.05, 0.1) is 17.7 Å². The van der Waals surface area contributed by atoms with Crippen LogP contribution in [0.4, 0.5) is 0 Å². The number of hydrogen-bond acceptors (Lipinski definition) is 4. The van der Waals surface area contributed by atoms with E-state index in [1.165, 1.54) is 11.3 Å². The highest BCUT2D eigenvalue weighted by atomic mass is 79.9. The molecule has 3 nitrogen and oxygen atoms in total. The molecule has 0 aromatic carbocycles. The molecule has 1 amide bonds. The molecule has 0 fully saturated rings. The lowest BCUT2D eigenvalue weighted by Crippen LogP contribution is -2.21. The molecule has 0 unspecified atom stereocenters. The standard InChI is InChI=1S/C10H9BrN2OS2/c1-6-8(16-5-13-6)4-12-10(14)9-7(11)2-3-15-9/h2-3,5H,4H2,1H3,(H,12,14). The number of amides is 1. The van der Waals surface area contributed by atoms with Crippen LogP contribution in [0.1, 0.15) is 20.2 Å². The second-order valence-corrected chi connectivity index (χ2v) is 5.85. The van der Waals surface area contributed by atoms with Crippen molar-refractivity contribution in [1.29, 1.82) is 0 Å². The Morgan fingerprint density at radius 2 is 2.38 bits per heavy atom. The number of hydrogen-bond donors (Lipinski definition) is 1. The van der Waals surface area contributed by atoms with Gasteiger partial charge in [0.2, 0.25) is 0 Å². The van der Waals surface area contributed by atoms with Crippen molar-refractivity contribution in [3.05, 3.63) is 36.9 Å². The summed E-state index contributed by atoms with van der Waals surface area (Å²) in [5.74, 6) is -0.0466. The molecule has 0 radical (unpaired) electrons. The molecule has 2 aromatic heterocycles. The highest BCUT2D eigenvalue weighted by Crippen LogP contribution is 2.22. The first kappa shape index (κ1) is 11.8. The monoisotopic (exact) mass is 316 g/mol. The topological polar surface area (TPSA) is 42.0 Å². The zero-order valence-electron chi connectivity index (χ0n) is 8.49. The minimum Gasteiger partial charge on any atom is -0.346 e. The van der Waals surface area contributed by atoms with Gasteiger partial charge in [-0.05, 0) is 34.3 Å². The number of aromatic nitrogens is 1. The summed E-state index contributed by atoms with van der Waals surface area (Å²) in [6.45, 7) is 2.48. The van der Waals surface area contributed by atoms with E-state index in [9.17, 15) is 4.79 Å². The van der Waals surface area contributed by atoms with Gasteiger partial charge in [-0.3, -0.25) is 4.79 Å². The van der Waals surface area contributed by atoms with Crippen LogP contribution in [0, 0.1) is 6.92 Å². The van der Waals surface area contributed by atoms with Crippen molar-refractivity contribution in [3.63, 3.8) is 0 Å². The summed E-state index contributed by atoms with van der Waals surface area (Å²) >= 11 is 6.33. The van der Waals surface area contributed by atoms with Crippen molar-refractivity contribution < 1.29 is 4.79 Å². The molecule has 0 spiro atoms. The van der Waals surface area contributed by atoms with E-state index in [-0.39, 0.29) is 5.91 Å². The van der Waals surface area contributed by atoms with Gasteiger partial charge in [-0.15, -0.1) is 22.7 Å². The zero-order valence-corrected chi connectivity index (χ0v) is 11.7. The summed E-state index contributed by atoms with van der Waals surface area (Å²) in [6, 6.07) is 1.87. The Morgan fingerprint density at radius 3 is 2.94 bits per heavy atom. The first-order chi connectivity index (χ1) is 7.68. The first-order valence-corrected chi connectivity index (χ1v) is 7.14. The second-order valence-electron chi connectivity index (χ2n) is 3.14. The number of nitrogens with one attached hydrogen (secondary N) is 1. The molecule has 0 atom stereocenters. The van der Waals surface area contributed by atoms with Gasteiger partial charge in [-0.1, -0.05) is 0 Å². The van der Waals surface area contributed by atoms with Crippen LogP contribution >= 0.6 is 38.6 Å².